The van der Waals surface area contributed by atoms with Crippen LogP contribution in [0.5, 0.6) is 0 Å². The molecule has 2 N–H and O–H groups in total. The number of para-hydroxylation sites is 2. The maximum Gasteiger partial charge on any atom is 0.146 e. The minimum absolute atomic E-state index is 0.783. The zero-order valence-electron chi connectivity index (χ0n) is 31.5. The summed E-state index contributed by atoms with van der Waals surface area (Å²) < 4.78 is 4.67. The number of pyridine rings is 2. The van der Waals surface area contributed by atoms with Crippen molar-refractivity contribution in [3.05, 3.63) is 194 Å². The van der Waals surface area contributed by atoms with Crippen LogP contribution in [0.25, 0.3) is 99.5 Å². The second-order valence-electron chi connectivity index (χ2n) is 14.3. The Balaban J connectivity index is 1.24. The van der Waals surface area contributed by atoms with Crippen molar-refractivity contribution in [2.45, 2.75) is 0 Å². The Bertz CT molecular complexity index is 3390. The van der Waals surface area contributed by atoms with Gasteiger partial charge in [-0.1, -0.05) is 141 Å². The third-order valence-corrected chi connectivity index (χ3v) is 11.0. The summed E-state index contributed by atoms with van der Waals surface area (Å²) in [6, 6.07) is 51.0. The number of hydrogen-bond acceptors (Lipinski definition) is 4. The number of nitrogens with one attached hydrogen (secondary N) is 2. The molecule has 0 aliphatic rings. The SMILES string of the molecule is C=C/C=C(\C=N)c1ccc(-c2cc(-n3c4ccccc4c4cc5nc6c7ccccc7c7ccccc7n6c5cc43)cc(-c3ccc(C(=C)/C=C\C=N)cc3)n2)cc1. The van der Waals surface area contributed by atoms with Gasteiger partial charge in [0.1, 0.15) is 5.65 Å². The largest absolute Gasteiger partial charge is 0.309 e. The van der Waals surface area contributed by atoms with Crippen LogP contribution in [0, 0.1) is 10.8 Å². The number of imidazole rings is 1. The van der Waals surface area contributed by atoms with Crippen LogP contribution in [0.3, 0.4) is 0 Å². The zero-order chi connectivity index (χ0) is 39.3. The zero-order valence-corrected chi connectivity index (χ0v) is 31.5. The first kappa shape index (κ1) is 34.5. The van der Waals surface area contributed by atoms with Gasteiger partial charge >= 0.3 is 0 Å². The fourth-order valence-electron chi connectivity index (χ4n) is 8.30. The number of rotatable bonds is 9. The topological polar surface area (TPSA) is 82.8 Å². The highest BCUT2D eigenvalue weighted by molar-refractivity contribution is 6.17. The molecule has 10 rings (SSSR count). The monoisotopic (exact) mass is 744 g/mol. The molecule has 0 fully saturated rings. The van der Waals surface area contributed by atoms with Gasteiger partial charge in [0, 0.05) is 45.1 Å². The Labute approximate surface area is 334 Å². The maximum absolute atomic E-state index is 7.94. The first-order chi connectivity index (χ1) is 28.5. The minimum Gasteiger partial charge on any atom is -0.309 e. The van der Waals surface area contributed by atoms with Crippen molar-refractivity contribution in [2.24, 2.45) is 0 Å². The van der Waals surface area contributed by atoms with Crippen molar-refractivity contribution < 1.29 is 0 Å². The molecule has 6 aromatic carbocycles. The van der Waals surface area contributed by atoms with Crippen molar-refractivity contribution in [3.8, 4) is 28.2 Å². The van der Waals surface area contributed by atoms with Crippen molar-refractivity contribution in [1.29, 1.82) is 10.8 Å². The molecule has 4 aromatic heterocycles. The average Bonchev–Trinajstić information content (AvgIpc) is 3.82. The van der Waals surface area contributed by atoms with Crippen LogP contribution in [0.2, 0.25) is 0 Å². The van der Waals surface area contributed by atoms with E-state index in [9.17, 15) is 0 Å². The molecule has 0 aliphatic heterocycles. The van der Waals surface area contributed by atoms with Gasteiger partial charge in [0.25, 0.3) is 0 Å². The van der Waals surface area contributed by atoms with Crippen molar-refractivity contribution in [3.63, 3.8) is 0 Å². The second kappa shape index (κ2) is 14.0. The molecule has 0 saturated carbocycles. The molecule has 4 heterocycles. The summed E-state index contributed by atoms with van der Waals surface area (Å²) in [6.45, 7) is 8.01. The first-order valence-electron chi connectivity index (χ1n) is 19.1. The van der Waals surface area contributed by atoms with E-state index in [1.807, 2.05) is 24.3 Å². The summed E-state index contributed by atoms with van der Waals surface area (Å²) in [5, 5.41) is 21.1. The van der Waals surface area contributed by atoms with Crippen LogP contribution in [-0.4, -0.2) is 31.4 Å². The van der Waals surface area contributed by atoms with E-state index in [0.717, 1.165) is 99.9 Å². The third-order valence-electron chi connectivity index (χ3n) is 11.0. The number of benzene rings is 6. The number of fused-ring (bicyclic) bond motifs is 11. The van der Waals surface area contributed by atoms with E-state index in [0.29, 0.717) is 0 Å². The highest BCUT2D eigenvalue weighted by Crippen LogP contribution is 2.39. The molecule has 0 spiro atoms. The lowest BCUT2D eigenvalue weighted by Gasteiger charge is -2.14. The maximum atomic E-state index is 7.94. The Morgan fingerprint density at radius 1 is 0.569 bits per heavy atom. The predicted octanol–water partition coefficient (Wildman–Crippen LogP) is 13.1. The Morgan fingerprint density at radius 2 is 1.17 bits per heavy atom. The first-order valence-corrected chi connectivity index (χ1v) is 19.1. The van der Waals surface area contributed by atoms with E-state index in [2.05, 4.69) is 156 Å². The molecule has 58 heavy (non-hydrogen) atoms. The molecule has 0 amide bonds. The smallest absolute Gasteiger partial charge is 0.146 e. The van der Waals surface area contributed by atoms with Gasteiger partial charge in [-0.3, -0.25) is 4.40 Å². The van der Waals surface area contributed by atoms with Gasteiger partial charge in [-0.25, -0.2) is 9.97 Å². The molecule has 0 unspecified atom stereocenters. The van der Waals surface area contributed by atoms with E-state index in [-0.39, 0.29) is 0 Å². The van der Waals surface area contributed by atoms with Gasteiger partial charge in [0.15, 0.2) is 0 Å². The molecule has 0 radical (unpaired) electrons. The van der Waals surface area contributed by atoms with E-state index in [1.165, 1.54) is 23.2 Å². The Morgan fingerprint density at radius 3 is 1.83 bits per heavy atom. The van der Waals surface area contributed by atoms with Gasteiger partial charge in [-0.05, 0) is 70.1 Å². The van der Waals surface area contributed by atoms with Crippen LogP contribution < -0.4 is 0 Å². The normalized spacial score (nSPS) is 12.1. The predicted molar refractivity (Wildman–Crippen MR) is 245 cm³/mol. The van der Waals surface area contributed by atoms with Gasteiger partial charge < -0.3 is 15.4 Å². The van der Waals surface area contributed by atoms with E-state index >= 15 is 0 Å². The molecule has 0 aliphatic carbocycles. The van der Waals surface area contributed by atoms with Crippen LogP contribution in [0.4, 0.5) is 0 Å². The molecule has 0 atom stereocenters. The van der Waals surface area contributed by atoms with Gasteiger partial charge in [0.2, 0.25) is 0 Å². The number of nitrogens with zero attached hydrogens (tertiary/aromatic N) is 4. The fraction of sp³-hybridized carbons (Fsp3) is 0. The van der Waals surface area contributed by atoms with E-state index < -0.39 is 0 Å². The summed E-state index contributed by atoms with van der Waals surface area (Å²) >= 11 is 0. The third kappa shape index (κ3) is 5.58. The quantitative estimate of drug-likeness (QED) is 0.0876. The van der Waals surface area contributed by atoms with Crippen molar-refractivity contribution in [2.75, 3.05) is 0 Å². The lowest BCUT2D eigenvalue weighted by Crippen LogP contribution is -1.99. The highest BCUT2D eigenvalue weighted by atomic mass is 15.0. The average molecular weight is 745 g/mol. The van der Waals surface area contributed by atoms with Crippen LogP contribution in [0.1, 0.15) is 11.1 Å². The molecule has 274 valence electrons. The number of hydrogen-bond donors (Lipinski definition) is 2. The number of aromatic nitrogens is 4. The van der Waals surface area contributed by atoms with Gasteiger partial charge in [-0.15, -0.1) is 0 Å². The van der Waals surface area contributed by atoms with E-state index in [1.54, 1.807) is 12.2 Å². The Hall–Kier alpha value is -7.96. The minimum atomic E-state index is 0.783. The summed E-state index contributed by atoms with van der Waals surface area (Å²) in [5.41, 5.74) is 14.3. The Kier molecular flexibility index (Phi) is 8.31. The standard InChI is InChI=1S/C52H36N6/c1-3-11-38(32-54)35-21-25-37(26-22-35)46-29-39(28-45(55-46)36-23-19-34(20-24-36)33(2)12-10-27-53)57-48-17-8-7-15-42(48)44-30-47-51(31-50(44)57)58-49-18-9-6-14-41(49)40-13-4-5-16-43(40)52(58)56-47/h3-32,53-54H,1-2H2/b12-10-,38-11+,53-27?,54-32?. The lowest BCUT2D eigenvalue weighted by molar-refractivity contribution is 1.16. The molecule has 10 aromatic rings. The second-order valence-corrected chi connectivity index (χ2v) is 14.3. The highest BCUT2D eigenvalue weighted by Gasteiger charge is 2.20. The number of allylic oxidation sites excluding steroid dienone is 6. The molecule has 0 saturated heterocycles. The van der Waals surface area contributed by atoms with Crippen LogP contribution in [-0.2, 0) is 0 Å². The molecule has 6 heteroatoms. The van der Waals surface area contributed by atoms with Gasteiger partial charge in [-0.2, -0.15) is 0 Å². The molecule has 0 bridgehead atoms. The molecular weight excluding hydrogens is 709 g/mol. The van der Waals surface area contributed by atoms with Gasteiger partial charge in [0.05, 0.1) is 44.7 Å². The summed E-state index contributed by atoms with van der Waals surface area (Å²) in [7, 11) is 0. The van der Waals surface area contributed by atoms with Crippen molar-refractivity contribution in [1.82, 2.24) is 18.9 Å². The van der Waals surface area contributed by atoms with Crippen LogP contribution in [0.15, 0.2) is 183 Å². The van der Waals surface area contributed by atoms with Crippen molar-refractivity contribution >= 4 is 83.7 Å². The van der Waals surface area contributed by atoms with E-state index in [4.69, 9.17) is 20.8 Å². The lowest BCUT2D eigenvalue weighted by atomic mass is 10.0. The molecular formula is C52H36N6. The summed E-state index contributed by atoms with van der Waals surface area (Å²) in [4.78, 5) is 10.6. The fourth-order valence-corrected chi connectivity index (χ4v) is 8.30. The molecule has 6 nitrogen and oxygen atoms in total. The van der Waals surface area contributed by atoms with Crippen LogP contribution >= 0.6 is 0 Å². The summed E-state index contributed by atoms with van der Waals surface area (Å²) in [6.07, 6.45) is 9.66. The summed E-state index contributed by atoms with van der Waals surface area (Å²) in [5.74, 6) is 0.